The van der Waals surface area contributed by atoms with Gasteiger partial charge in [0.15, 0.2) is 0 Å². The number of nitrogens with one attached hydrogen (secondary N) is 1. The van der Waals surface area contributed by atoms with Crippen molar-refractivity contribution in [3.63, 3.8) is 0 Å². The Hall–Kier alpha value is -1.94. The number of carbonyl (C=O) groups is 1. The quantitative estimate of drug-likeness (QED) is 0.812. The Bertz CT molecular complexity index is 586. The number of rotatable bonds is 6. The summed E-state index contributed by atoms with van der Waals surface area (Å²) in [5.41, 5.74) is 0.756. The van der Waals surface area contributed by atoms with E-state index >= 15 is 0 Å². The Kier molecular flexibility index (Phi) is 5.69. The molecule has 1 atom stereocenters. The molecule has 21 heavy (non-hydrogen) atoms. The standard InChI is InChI=1S/C17H19NO2S/c1-3-20-15-9-7-8-14(12-15)18-17(19)13(2)21-16-10-5-4-6-11-16/h4-13H,3H2,1-2H3,(H,18,19)/t13-/m1/s1. The third-order valence-corrected chi connectivity index (χ3v) is 3.95. The van der Waals surface area contributed by atoms with Crippen molar-refractivity contribution in [1.82, 2.24) is 0 Å². The SMILES string of the molecule is CCOc1cccc(NC(=O)[C@@H](C)Sc2ccccc2)c1. The second kappa shape index (κ2) is 7.74. The highest BCUT2D eigenvalue weighted by atomic mass is 32.2. The number of thioether (sulfide) groups is 1. The summed E-state index contributed by atoms with van der Waals surface area (Å²) in [4.78, 5) is 13.3. The van der Waals surface area contributed by atoms with E-state index in [4.69, 9.17) is 4.74 Å². The van der Waals surface area contributed by atoms with Crippen LogP contribution in [0.2, 0.25) is 0 Å². The van der Waals surface area contributed by atoms with Crippen LogP contribution in [0.25, 0.3) is 0 Å². The van der Waals surface area contributed by atoms with Gasteiger partial charge in [0.2, 0.25) is 5.91 Å². The molecule has 2 aromatic rings. The molecule has 4 heteroatoms. The maximum Gasteiger partial charge on any atom is 0.237 e. The van der Waals surface area contributed by atoms with Gasteiger partial charge in [-0.1, -0.05) is 24.3 Å². The van der Waals surface area contributed by atoms with Gasteiger partial charge >= 0.3 is 0 Å². The molecule has 110 valence electrons. The zero-order chi connectivity index (χ0) is 15.1. The minimum absolute atomic E-state index is 0.0162. The van der Waals surface area contributed by atoms with Crippen LogP contribution in [0, 0.1) is 0 Å². The van der Waals surface area contributed by atoms with Crippen molar-refractivity contribution in [3.05, 3.63) is 54.6 Å². The molecule has 1 N–H and O–H groups in total. The van der Waals surface area contributed by atoms with Crippen molar-refractivity contribution in [2.24, 2.45) is 0 Å². The summed E-state index contributed by atoms with van der Waals surface area (Å²) >= 11 is 1.54. The molecule has 0 aliphatic heterocycles. The van der Waals surface area contributed by atoms with E-state index in [0.717, 1.165) is 16.3 Å². The summed E-state index contributed by atoms with van der Waals surface area (Å²) in [6.07, 6.45) is 0. The maximum atomic E-state index is 12.2. The smallest absolute Gasteiger partial charge is 0.237 e. The molecule has 1 amide bonds. The zero-order valence-electron chi connectivity index (χ0n) is 12.2. The van der Waals surface area contributed by atoms with Gasteiger partial charge in [-0.25, -0.2) is 0 Å². The molecule has 0 fully saturated rings. The van der Waals surface area contributed by atoms with E-state index in [2.05, 4.69) is 5.32 Å². The summed E-state index contributed by atoms with van der Waals surface area (Å²) in [6.45, 7) is 4.45. The number of carbonyl (C=O) groups excluding carboxylic acids is 1. The predicted octanol–water partition coefficient (Wildman–Crippen LogP) is 4.20. The van der Waals surface area contributed by atoms with Gasteiger partial charge in [0.1, 0.15) is 5.75 Å². The fraction of sp³-hybridized carbons (Fsp3) is 0.235. The van der Waals surface area contributed by atoms with E-state index in [-0.39, 0.29) is 11.2 Å². The number of ether oxygens (including phenoxy) is 1. The summed E-state index contributed by atoms with van der Waals surface area (Å²) < 4.78 is 5.43. The molecule has 0 unspecified atom stereocenters. The van der Waals surface area contributed by atoms with Crippen LogP contribution >= 0.6 is 11.8 Å². The molecule has 0 heterocycles. The Balaban J connectivity index is 1.95. The van der Waals surface area contributed by atoms with Crippen LogP contribution in [-0.4, -0.2) is 17.8 Å². The molecule has 2 aromatic carbocycles. The number of benzene rings is 2. The van der Waals surface area contributed by atoms with Gasteiger partial charge in [0.25, 0.3) is 0 Å². The summed E-state index contributed by atoms with van der Waals surface area (Å²) in [7, 11) is 0. The van der Waals surface area contributed by atoms with Crippen molar-refractivity contribution in [2.45, 2.75) is 24.0 Å². The van der Waals surface area contributed by atoms with Gasteiger partial charge in [-0.15, -0.1) is 11.8 Å². The Labute approximate surface area is 129 Å². The van der Waals surface area contributed by atoms with E-state index in [0.29, 0.717) is 6.61 Å². The zero-order valence-corrected chi connectivity index (χ0v) is 13.0. The third-order valence-electron chi connectivity index (χ3n) is 2.84. The van der Waals surface area contributed by atoms with Crippen LogP contribution in [0.5, 0.6) is 5.75 Å². The average Bonchev–Trinajstić information content (AvgIpc) is 2.49. The molecule has 0 aliphatic carbocycles. The lowest BCUT2D eigenvalue weighted by Crippen LogP contribution is -2.22. The van der Waals surface area contributed by atoms with Crippen molar-refractivity contribution < 1.29 is 9.53 Å². The lowest BCUT2D eigenvalue weighted by molar-refractivity contribution is -0.115. The Morgan fingerprint density at radius 3 is 2.67 bits per heavy atom. The first-order valence-electron chi connectivity index (χ1n) is 6.94. The van der Waals surface area contributed by atoms with Crippen molar-refractivity contribution in [2.75, 3.05) is 11.9 Å². The summed E-state index contributed by atoms with van der Waals surface area (Å²) in [5.74, 6) is 0.746. The lowest BCUT2D eigenvalue weighted by atomic mass is 10.3. The van der Waals surface area contributed by atoms with Crippen LogP contribution in [0.15, 0.2) is 59.5 Å². The normalized spacial score (nSPS) is 11.7. The minimum atomic E-state index is -0.164. The van der Waals surface area contributed by atoms with Gasteiger partial charge in [-0.2, -0.15) is 0 Å². The number of amides is 1. The summed E-state index contributed by atoms with van der Waals surface area (Å²) in [6, 6.07) is 17.4. The monoisotopic (exact) mass is 301 g/mol. The van der Waals surface area contributed by atoms with E-state index in [1.165, 1.54) is 0 Å². The van der Waals surface area contributed by atoms with Gasteiger partial charge in [-0.05, 0) is 38.1 Å². The largest absolute Gasteiger partial charge is 0.494 e. The molecule has 0 saturated carbocycles. The topological polar surface area (TPSA) is 38.3 Å². The highest BCUT2D eigenvalue weighted by molar-refractivity contribution is 8.00. The molecule has 0 radical (unpaired) electrons. The molecule has 0 saturated heterocycles. The lowest BCUT2D eigenvalue weighted by Gasteiger charge is -2.12. The molecule has 3 nitrogen and oxygen atoms in total. The fourth-order valence-corrected chi connectivity index (χ4v) is 2.72. The van der Waals surface area contributed by atoms with Gasteiger partial charge in [0, 0.05) is 16.6 Å². The fourth-order valence-electron chi connectivity index (χ4n) is 1.83. The first kappa shape index (κ1) is 15.4. The van der Waals surface area contributed by atoms with Crippen LogP contribution in [0.4, 0.5) is 5.69 Å². The second-order valence-corrected chi connectivity index (χ2v) is 5.94. The summed E-state index contributed by atoms with van der Waals surface area (Å²) in [5, 5.41) is 2.76. The average molecular weight is 301 g/mol. The first-order valence-corrected chi connectivity index (χ1v) is 7.82. The molecular formula is C17H19NO2S. The van der Waals surface area contributed by atoms with Crippen LogP contribution < -0.4 is 10.1 Å². The molecule has 0 bridgehead atoms. The highest BCUT2D eigenvalue weighted by Gasteiger charge is 2.14. The van der Waals surface area contributed by atoms with Crippen LogP contribution in [0.1, 0.15) is 13.8 Å². The van der Waals surface area contributed by atoms with Gasteiger partial charge < -0.3 is 10.1 Å². The third kappa shape index (κ3) is 4.83. The van der Waals surface area contributed by atoms with Gasteiger partial charge in [-0.3, -0.25) is 4.79 Å². The number of hydrogen-bond acceptors (Lipinski definition) is 3. The molecule has 0 aromatic heterocycles. The van der Waals surface area contributed by atoms with E-state index < -0.39 is 0 Å². The Morgan fingerprint density at radius 2 is 1.95 bits per heavy atom. The van der Waals surface area contributed by atoms with E-state index in [1.807, 2.05) is 68.4 Å². The second-order valence-electron chi connectivity index (χ2n) is 4.52. The van der Waals surface area contributed by atoms with Crippen LogP contribution in [-0.2, 0) is 4.79 Å². The number of hydrogen-bond donors (Lipinski definition) is 1. The van der Waals surface area contributed by atoms with Crippen molar-refractivity contribution in [1.29, 1.82) is 0 Å². The van der Waals surface area contributed by atoms with Crippen LogP contribution in [0.3, 0.4) is 0 Å². The first-order chi connectivity index (χ1) is 10.2. The minimum Gasteiger partial charge on any atom is -0.494 e. The van der Waals surface area contributed by atoms with Crippen molar-refractivity contribution in [3.8, 4) is 5.75 Å². The van der Waals surface area contributed by atoms with Crippen molar-refractivity contribution >= 4 is 23.4 Å². The maximum absolute atomic E-state index is 12.2. The predicted molar refractivity (Wildman–Crippen MR) is 88.0 cm³/mol. The molecule has 0 aliphatic rings. The molecule has 0 spiro atoms. The Morgan fingerprint density at radius 1 is 1.19 bits per heavy atom. The molecular weight excluding hydrogens is 282 g/mol. The van der Waals surface area contributed by atoms with Gasteiger partial charge in [0.05, 0.1) is 11.9 Å². The van der Waals surface area contributed by atoms with E-state index in [9.17, 15) is 4.79 Å². The molecule has 2 rings (SSSR count). The van der Waals surface area contributed by atoms with E-state index in [1.54, 1.807) is 11.8 Å². The number of anilines is 1. The highest BCUT2D eigenvalue weighted by Crippen LogP contribution is 2.24.